The van der Waals surface area contributed by atoms with Gasteiger partial charge in [-0.2, -0.15) is 0 Å². The van der Waals surface area contributed by atoms with E-state index in [1.807, 2.05) is 0 Å². The van der Waals surface area contributed by atoms with Crippen LogP contribution in [0.4, 0.5) is 4.79 Å². The van der Waals surface area contributed by atoms with E-state index in [0.717, 1.165) is 5.56 Å². The normalized spacial score (nSPS) is 15.8. The molecule has 102 valence electrons. The number of imide groups is 1. The van der Waals surface area contributed by atoms with Crippen molar-refractivity contribution in [1.29, 1.82) is 0 Å². The predicted octanol–water partition coefficient (Wildman–Crippen LogP) is 0.416. The molecule has 0 aromatic heterocycles. The van der Waals surface area contributed by atoms with Crippen LogP contribution in [0.2, 0.25) is 0 Å². The zero-order valence-electron chi connectivity index (χ0n) is 9.94. The monoisotopic (exact) mass is 284 g/mol. The van der Waals surface area contributed by atoms with Crippen molar-refractivity contribution in [1.82, 2.24) is 10.2 Å². The summed E-state index contributed by atoms with van der Waals surface area (Å²) in [6, 6.07) is 6.17. The lowest BCUT2D eigenvalue weighted by molar-refractivity contribution is -0.118. The lowest BCUT2D eigenvalue weighted by Crippen LogP contribution is -2.27. The average molecular weight is 284 g/mol. The molecule has 2 rings (SSSR count). The Morgan fingerprint density at radius 1 is 1.26 bits per heavy atom. The molecule has 0 radical (unpaired) electrons. The second kappa shape index (κ2) is 5.13. The van der Waals surface area contributed by atoms with Crippen LogP contribution in [-0.4, -0.2) is 33.2 Å². The van der Waals surface area contributed by atoms with Gasteiger partial charge in [0.05, 0.1) is 6.16 Å². The minimum absolute atomic E-state index is 0.00154. The van der Waals surface area contributed by atoms with Gasteiger partial charge in [-0.15, -0.1) is 0 Å². The van der Waals surface area contributed by atoms with Gasteiger partial charge >= 0.3 is 13.6 Å². The molecule has 1 heterocycles. The highest BCUT2D eigenvalue weighted by atomic mass is 31.2. The quantitative estimate of drug-likeness (QED) is 0.548. The van der Waals surface area contributed by atoms with Gasteiger partial charge in [0.25, 0.3) is 0 Å². The number of benzene rings is 1. The van der Waals surface area contributed by atoms with Gasteiger partial charge in [-0.1, -0.05) is 24.3 Å². The number of hydrogen-bond donors (Lipinski definition) is 3. The summed E-state index contributed by atoms with van der Waals surface area (Å²) in [6.07, 6.45) is -0.341. The highest BCUT2D eigenvalue weighted by Crippen LogP contribution is 2.39. The number of carbonyl (C=O) groups excluding carboxylic acids is 2. The number of amides is 3. The summed E-state index contributed by atoms with van der Waals surface area (Å²) in [7, 11) is -4.11. The van der Waals surface area contributed by atoms with E-state index in [9.17, 15) is 14.2 Å². The second-order valence-corrected chi connectivity index (χ2v) is 6.00. The largest absolute Gasteiger partial charge is 0.329 e. The van der Waals surface area contributed by atoms with Crippen LogP contribution in [0.15, 0.2) is 24.3 Å². The van der Waals surface area contributed by atoms with E-state index in [0.29, 0.717) is 5.56 Å². The first-order valence-electron chi connectivity index (χ1n) is 5.55. The summed E-state index contributed by atoms with van der Waals surface area (Å²) in [6.45, 7) is 0.230. The first-order valence-corrected chi connectivity index (χ1v) is 7.34. The van der Waals surface area contributed by atoms with Crippen molar-refractivity contribution in [2.45, 2.75) is 12.7 Å². The first kappa shape index (κ1) is 13.7. The third kappa shape index (κ3) is 3.89. The highest BCUT2D eigenvalue weighted by Gasteiger charge is 2.26. The summed E-state index contributed by atoms with van der Waals surface area (Å²) in [5, 5.41) is 2.16. The van der Waals surface area contributed by atoms with E-state index in [1.54, 1.807) is 24.3 Å². The van der Waals surface area contributed by atoms with E-state index >= 15 is 0 Å². The van der Waals surface area contributed by atoms with Gasteiger partial charge in [-0.3, -0.25) is 14.7 Å². The molecule has 1 aliphatic heterocycles. The number of nitrogens with one attached hydrogen (secondary N) is 1. The fourth-order valence-electron chi connectivity index (χ4n) is 1.90. The minimum atomic E-state index is -4.11. The summed E-state index contributed by atoms with van der Waals surface area (Å²) >= 11 is 0. The van der Waals surface area contributed by atoms with Crippen LogP contribution >= 0.6 is 7.60 Å². The summed E-state index contributed by atoms with van der Waals surface area (Å²) in [4.78, 5) is 41.6. The van der Waals surface area contributed by atoms with Crippen LogP contribution in [0.25, 0.3) is 0 Å². The summed E-state index contributed by atoms with van der Waals surface area (Å²) in [5.74, 6) is -0.351. The molecule has 3 amide bonds. The third-order valence-corrected chi connectivity index (χ3v) is 3.40. The molecule has 1 saturated heterocycles. The Morgan fingerprint density at radius 3 is 2.53 bits per heavy atom. The molecule has 1 aliphatic rings. The molecule has 0 spiro atoms. The molecule has 8 heteroatoms. The van der Waals surface area contributed by atoms with Gasteiger partial charge in [0.1, 0.15) is 6.54 Å². The van der Waals surface area contributed by atoms with Gasteiger partial charge in [-0.05, 0) is 11.1 Å². The van der Waals surface area contributed by atoms with Crippen LogP contribution in [0.3, 0.4) is 0 Å². The van der Waals surface area contributed by atoms with Crippen molar-refractivity contribution in [2.24, 2.45) is 0 Å². The number of hydrogen-bond acceptors (Lipinski definition) is 3. The zero-order chi connectivity index (χ0) is 14.0. The van der Waals surface area contributed by atoms with Gasteiger partial charge in [-0.25, -0.2) is 4.79 Å². The molecular weight excluding hydrogens is 271 g/mol. The van der Waals surface area contributed by atoms with Crippen LogP contribution < -0.4 is 5.32 Å². The summed E-state index contributed by atoms with van der Waals surface area (Å²) in [5.41, 5.74) is 1.22. The molecular formula is C11H13N2O5P. The number of rotatable bonds is 4. The molecule has 3 N–H and O–H groups in total. The van der Waals surface area contributed by atoms with Crippen LogP contribution in [0.1, 0.15) is 11.1 Å². The molecule has 0 unspecified atom stereocenters. The molecule has 0 atom stereocenters. The van der Waals surface area contributed by atoms with Crippen molar-refractivity contribution in [3.63, 3.8) is 0 Å². The second-order valence-electron chi connectivity index (χ2n) is 4.35. The smallest absolute Gasteiger partial charge is 0.324 e. The molecule has 1 aromatic carbocycles. The SMILES string of the molecule is O=C1CN(Cc2cccc(CP(=O)(O)O)c2)C(=O)N1. The highest BCUT2D eigenvalue weighted by molar-refractivity contribution is 7.50. The fourth-order valence-corrected chi connectivity index (χ4v) is 2.57. The number of nitrogens with zero attached hydrogens (tertiary/aromatic N) is 1. The Morgan fingerprint density at radius 2 is 1.95 bits per heavy atom. The van der Waals surface area contributed by atoms with Crippen LogP contribution in [0.5, 0.6) is 0 Å². The van der Waals surface area contributed by atoms with Gasteiger partial charge in [0, 0.05) is 6.54 Å². The third-order valence-electron chi connectivity index (χ3n) is 2.62. The first-order chi connectivity index (χ1) is 8.83. The van der Waals surface area contributed by atoms with Crippen molar-refractivity contribution >= 4 is 19.5 Å². The lowest BCUT2D eigenvalue weighted by Gasteiger charge is -2.14. The standard InChI is InChI=1S/C11H13N2O5P/c14-10-6-13(11(15)12-10)5-8-2-1-3-9(4-8)7-19(16,17)18/h1-4H,5-7H2,(H,12,14,15)(H2,16,17,18). The van der Waals surface area contributed by atoms with E-state index < -0.39 is 13.6 Å². The average Bonchev–Trinajstić information content (AvgIpc) is 2.55. The van der Waals surface area contributed by atoms with Crippen LogP contribution in [0, 0.1) is 0 Å². The molecule has 1 aromatic rings. The van der Waals surface area contributed by atoms with Crippen molar-refractivity contribution < 1.29 is 23.9 Å². The number of carbonyl (C=O) groups is 2. The van der Waals surface area contributed by atoms with E-state index in [2.05, 4.69) is 5.32 Å². The molecule has 0 bridgehead atoms. The van der Waals surface area contributed by atoms with E-state index in [-0.39, 0.29) is 25.2 Å². The maximum Gasteiger partial charge on any atom is 0.329 e. The molecule has 0 aliphatic carbocycles. The molecule has 1 fully saturated rings. The Labute approximate surface area is 109 Å². The number of urea groups is 1. The van der Waals surface area contributed by atoms with Crippen molar-refractivity contribution in [3.05, 3.63) is 35.4 Å². The van der Waals surface area contributed by atoms with Crippen molar-refractivity contribution in [3.8, 4) is 0 Å². The topological polar surface area (TPSA) is 107 Å². The Hall–Kier alpha value is -1.69. The van der Waals surface area contributed by atoms with Crippen molar-refractivity contribution in [2.75, 3.05) is 6.54 Å². The maximum atomic E-state index is 11.4. The Balaban J connectivity index is 2.09. The van der Waals surface area contributed by atoms with Crippen LogP contribution in [-0.2, 0) is 22.1 Å². The molecule has 7 nitrogen and oxygen atoms in total. The molecule has 19 heavy (non-hydrogen) atoms. The van der Waals surface area contributed by atoms with Gasteiger partial charge in [0.15, 0.2) is 0 Å². The lowest BCUT2D eigenvalue weighted by atomic mass is 10.1. The summed E-state index contributed by atoms with van der Waals surface area (Å²) < 4.78 is 10.9. The van der Waals surface area contributed by atoms with E-state index in [4.69, 9.17) is 9.79 Å². The Kier molecular flexibility index (Phi) is 3.71. The molecule has 0 saturated carbocycles. The van der Waals surface area contributed by atoms with Gasteiger partial charge < -0.3 is 14.7 Å². The maximum absolute atomic E-state index is 11.4. The zero-order valence-corrected chi connectivity index (χ0v) is 10.8. The Bertz CT molecular complexity index is 568. The minimum Gasteiger partial charge on any atom is -0.324 e. The van der Waals surface area contributed by atoms with Gasteiger partial charge in [0.2, 0.25) is 5.91 Å². The predicted molar refractivity (Wildman–Crippen MR) is 66.1 cm³/mol. The van der Waals surface area contributed by atoms with E-state index in [1.165, 1.54) is 4.90 Å². The fraction of sp³-hybridized carbons (Fsp3) is 0.273.